The highest BCUT2D eigenvalue weighted by Gasteiger charge is 2.18. The van der Waals surface area contributed by atoms with Crippen LogP contribution < -0.4 is 5.32 Å². The van der Waals surface area contributed by atoms with Crippen LogP contribution in [0.25, 0.3) is 0 Å². The van der Waals surface area contributed by atoms with E-state index in [1.807, 2.05) is 4.68 Å². The molecule has 0 bridgehead atoms. The van der Waals surface area contributed by atoms with Crippen molar-refractivity contribution in [1.29, 1.82) is 0 Å². The van der Waals surface area contributed by atoms with Gasteiger partial charge in [-0.15, -0.1) is 0 Å². The van der Waals surface area contributed by atoms with E-state index in [1.54, 1.807) is 6.20 Å². The molecule has 0 saturated heterocycles. The standard InChI is InChI=1S/C13H24ClN3/c1-4-7-8-12(15-6-3)13-11(14)10-16-17(13)9-5-2/h10,12,15H,4-9H2,1-3H3. The van der Waals surface area contributed by atoms with Gasteiger partial charge in [0, 0.05) is 6.54 Å². The first-order chi connectivity index (χ1) is 8.24. The van der Waals surface area contributed by atoms with Crippen LogP contribution in [0.3, 0.4) is 0 Å². The first-order valence-corrected chi connectivity index (χ1v) is 7.06. The van der Waals surface area contributed by atoms with Gasteiger partial charge in [-0.3, -0.25) is 4.68 Å². The Balaban J connectivity index is 2.86. The molecule has 17 heavy (non-hydrogen) atoms. The van der Waals surface area contributed by atoms with Gasteiger partial charge >= 0.3 is 0 Å². The molecule has 98 valence electrons. The summed E-state index contributed by atoms with van der Waals surface area (Å²) in [4.78, 5) is 0. The topological polar surface area (TPSA) is 29.9 Å². The van der Waals surface area contributed by atoms with Crippen molar-refractivity contribution in [2.24, 2.45) is 0 Å². The van der Waals surface area contributed by atoms with E-state index in [1.165, 1.54) is 12.8 Å². The summed E-state index contributed by atoms with van der Waals surface area (Å²) < 4.78 is 2.05. The molecule has 1 aromatic rings. The molecule has 0 fully saturated rings. The molecule has 0 aliphatic heterocycles. The molecule has 0 saturated carbocycles. The van der Waals surface area contributed by atoms with E-state index in [-0.39, 0.29) is 0 Å². The second-order valence-electron chi connectivity index (χ2n) is 4.35. The highest BCUT2D eigenvalue weighted by molar-refractivity contribution is 6.31. The summed E-state index contributed by atoms with van der Waals surface area (Å²) in [5.41, 5.74) is 1.16. The van der Waals surface area contributed by atoms with Gasteiger partial charge in [0.15, 0.2) is 0 Å². The zero-order valence-electron chi connectivity index (χ0n) is 11.2. The van der Waals surface area contributed by atoms with Gasteiger partial charge in [-0.1, -0.05) is 45.2 Å². The summed E-state index contributed by atoms with van der Waals surface area (Å²) in [6.45, 7) is 8.41. The Hall–Kier alpha value is -0.540. The minimum absolute atomic E-state index is 0.335. The first kappa shape index (κ1) is 14.5. The molecule has 3 nitrogen and oxygen atoms in total. The minimum atomic E-state index is 0.335. The third-order valence-corrected chi connectivity index (χ3v) is 3.19. The maximum Gasteiger partial charge on any atom is 0.0834 e. The lowest BCUT2D eigenvalue weighted by molar-refractivity contribution is 0.446. The van der Waals surface area contributed by atoms with E-state index in [2.05, 4.69) is 31.2 Å². The van der Waals surface area contributed by atoms with Gasteiger partial charge in [0.05, 0.1) is 23.0 Å². The average molecular weight is 258 g/mol. The Bertz CT molecular complexity index is 322. The smallest absolute Gasteiger partial charge is 0.0834 e. The van der Waals surface area contributed by atoms with Crippen LogP contribution in [-0.4, -0.2) is 16.3 Å². The summed E-state index contributed by atoms with van der Waals surface area (Å²) in [6.07, 6.45) is 6.40. The van der Waals surface area contributed by atoms with Crippen molar-refractivity contribution in [3.63, 3.8) is 0 Å². The van der Waals surface area contributed by atoms with Crippen LogP contribution in [0.1, 0.15) is 58.2 Å². The number of halogens is 1. The Labute approximate surface area is 110 Å². The van der Waals surface area contributed by atoms with Crippen molar-refractivity contribution in [3.8, 4) is 0 Å². The fourth-order valence-electron chi connectivity index (χ4n) is 2.10. The molecule has 1 atom stereocenters. The molecular weight excluding hydrogens is 234 g/mol. The van der Waals surface area contributed by atoms with Gasteiger partial charge in [-0.05, 0) is 19.4 Å². The van der Waals surface area contributed by atoms with E-state index < -0.39 is 0 Å². The van der Waals surface area contributed by atoms with Crippen molar-refractivity contribution >= 4 is 11.6 Å². The predicted octanol–water partition coefficient (Wildman–Crippen LogP) is 3.79. The van der Waals surface area contributed by atoms with Crippen LogP contribution in [0.4, 0.5) is 0 Å². The van der Waals surface area contributed by atoms with E-state index in [0.717, 1.165) is 36.6 Å². The predicted molar refractivity (Wildman–Crippen MR) is 73.5 cm³/mol. The maximum atomic E-state index is 6.27. The van der Waals surface area contributed by atoms with Crippen LogP contribution in [0.15, 0.2) is 6.20 Å². The molecule has 0 amide bonds. The fourth-order valence-corrected chi connectivity index (χ4v) is 2.37. The van der Waals surface area contributed by atoms with E-state index in [4.69, 9.17) is 11.6 Å². The van der Waals surface area contributed by atoms with Crippen LogP contribution in [0.2, 0.25) is 5.02 Å². The number of aryl methyl sites for hydroxylation is 1. The van der Waals surface area contributed by atoms with Gasteiger partial charge in [0.2, 0.25) is 0 Å². The van der Waals surface area contributed by atoms with Crippen LogP contribution >= 0.6 is 11.6 Å². The summed E-state index contributed by atoms with van der Waals surface area (Å²) in [6, 6.07) is 0.335. The van der Waals surface area contributed by atoms with Crippen molar-refractivity contribution in [3.05, 3.63) is 16.9 Å². The molecule has 1 rings (SSSR count). The first-order valence-electron chi connectivity index (χ1n) is 6.69. The molecule has 0 spiro atoms. The average Bonchev–Trinajstić information content (AvgIpc) is 2.67. The van der Waals surface area contributed by atoms with Crippen molar-refractivity contribution in [1.82, 2.24) is 15.1 Å². The van der Waals surface area contributed by atoms with Gasteiger partial charge in [0.1, 0.15) is 0 Å². The third-order valence-electron chi connectivity index (χ3n) is 2.90. The second-order valence-corrected chi connectivity index (χ2v) is 4.76. The second kappa shape index (κ2) is 7.72. The van der Waals surface area contributed by atoms with Gasteiger partial charge < -0.3 is 5.32 Å². The quantitative estimate of drug-likeness (QED) is 0.768. The normalized spacial score (nSPS) is 12.9. The number of hydrogen-bond acceptors (Lipinski definition) is 2. The van der Waals surface area contributed by atoms with Crippen molar-refractivity contribution < 1.29 is 0 Å². The largest absolute Gasteiger partial charge is 0.309 e. The van der Waals surface area contributed by atoms with Crippen molar-refractivity contribution in [2.45, 2.75) is 59.0 Å². The molecule has 4 heteroatoms. The summed E-state index contributed by atoms with van der Waals surface area (Å²) in [5, 5.41) is 8.67. The molecule has 1 unspecified atom stereocenters. The lowest BCUT2D eigenvalue weighted by Crippen LogP contribution is -2.24. The molecule has 0 aliphatic rings. The summed E-state index contributed by atoms with van der Waals surface area (Å²) in [7, 11) is 0. The zero-order chi connectivity index (χ0) is 12.7. The molecule has 0 aromatic carbocycles. The third kappa shape index (κ3) is 4.00. The highest BCUT2D eigenvalue weighted by Crippen LogP contribution is 2.26. The SMILES string of the molecule is CCCCC(NCC)c1c(Cl)cnn1CCC. The Morgan fingerprint density at radius 3 is 2.71 bits per heavy atom. The number of nitrogens with zero attached hydrogens (tertiary/aromatic N) is 2. The molecule has 1 aromatic heterocycles. The van der Waals surface area contributed by atoms with Crippen molar-refractivity contribution in [2.75, 3.05) is 6.54 Å². The molecule has 1 heterocycles. The number of hydrogen-bond donors (Lipinski definition) is 1. The molecular formula is C13H24ClN3. The summed E-state index contributed by atoms with van der Waals surface area (Å²) in [5.74, 6) is 0. The Morgan fingerprint density at radius 2 is 2.12 bits per heavy atom. The Kier molecular flexibility index (Phi) is 6.60. The number of unbranched alkanes of at least 4 members (excludes halogenated alkanes) is 1. The Morgan fingerprint density at radius 1 is 1.35 bits per heavy atom. The monoisotopic (exact) mass is 257 g/mol. The zero-order valence-corrected chi connectivity index (χ0v) is 11.9. The maximum absolute atomic E-state index is 6.27. The van der Waals surface area contributed by atoms with Crippen LogP contribution in [0.5, 0.6) is 0 Å². The van der Waals surface area contributed by atoms with Crippen LogP contribution in [0, 0.1) is 0 Å². The molecule has 1 N–H and O–H groups in total. The number of nitrogens with one attached hydrogen (secondary N) is 1. The van der Waals surface area contributed by atoms with E-state index in [0.29, 0.717) is 6.04 Å². The van der Waals surface area contributed by atoms with Gasteiger partial charge in [-0.2, -0.15) is 5.10 Å². The highest BCUT2D eigenvalue weighted by atomic mass is 35.5. The molecule has 0 radical (unpaired) electrons. The van der Waals surface area contributed by atoms with Crippen LogP contribution in [-0.2, 0) is 6.54 Å². The van der Waals surface area contributed by atoms with Gasteiger partial charge in [0.25, 0.3) is 0 Å². The van der Waals surface area contributed by atoms with E-state index >= 15 is 0 Å². The minimum Gasteiger partial charge on any atom is -0.309 e. The lowest BCUT2D eigenvalue weighted by atomic mass is 10.1. The lowest BCUT2D eigenvalue weighted by Gasteiger charge is -2.19. The fraction of sp³-hybridized carbons (Fsp3) is 0.769. The number of rotatable bonds is 8. The van der Waals surface area contributed by atoms with E-state index in [9.17, 15) is 0 Å². The summed E-state index contributed by atoms with van der Waals surface area (Å²) >= 11 is 6.27. The van der Waals surface area contributed by atoms with Gasteiger partial charge in [-0.25, -0.2) is 0 Å². The molecule has 0 aliphatic carbocycles. The number of aromatic nitrogens is 2.